The van der Waals surface area contributed by atoms with E-state index in [0.29, 0.717) is 16.5 Å². The van der Waals surface area contributed by atoms with Crippen molar-refractivity contribution in [3.63, 3.8) is 0 Å². The molecule has 0 bridgehead atoms. The third kappa shape index (κ3) is 4.73. The Hall–Kier alpha value is -3.69. The zero-order chi connectivity index (χ0) is 21.8. The fourth-order valence-electron chi connectivity index (χ4n) is 3.69. The molecule has 2 aromatic heterocycles. The smallest absolute Gasteiger partial charge is 0.326 e. The van der Waals surface area contributed by atoms with Crippen LogP contribution in [0.15, 0.2) is 39.8 Å². The summed E-state index contributed by atoms with van der Waals surface area (Å²) in [6.07, 6.45) is 6.24. The molecule has 162 valence electrons. The van der Waals surface area contributed by atoms with Crippen molar-refractivity contribution in [3.05, 3.63) is 40.9 Å². The van der Waals surface area contributed by atoms with Gasteiger partial charge in [-0.15, -0.1) is 0 Å². The SMILES string of the molecule is O=C(COC(=O)Cn1cnc2c(oc3ccccc32)c1=O)NC(=O)NC1CCCCC1. The van der Waals surface area contributed by atoms with Gasteiger partial charge in [-0.1, -0.05) is 31.4 Å². The van der Waals surface area contributed by atoms with Crippen LogP contribution in [-0.4, -0.2) is 40.1 Å². The number of hydrogen-bond acceptors (Lipinski definition) is 7. The molecule has 10 nitrogen and oxygen atoms in total. The minimum Gasteiger partial charge on any atom is -0.454 e. The van der Waals surface area contributed by atoms with Crippen LogP contribution in [0.5, 0.6) is 0 Å². The van der Waals surface area contributed by atoms with E-state index in [4.69, 9.17) is 9.15 Å². The van der Waals surface area contributed by atoms with Crippen molar-refractivity contribution in [1.82, 2.24) is 20.2 Å². The largest absolute Gasteiger partial charge is 0.454 e. The maximum atomic E-state index is 12.6. The van der Waals surface area contributed by atoms with Gasteiger partial charge < -0.3 is 14.5 Å². The zero-order valence-corrected chi connectivity index (χ0v) is 16.8. The third-order valence-electron chi connectivity index (χ3n) is 5.21. The number of aromatic nitrogens is 2. The molecule has 3 amide bonds. The van der Waals surface area contributed by atoms with Crippen LogP contribution in [0.4, 0.5) is 4.79 Å². The third-order valence-corrected chi connectivity index (χ3v) is 5.21. The molecule has 0 atom stereocenters. The first-order chi connectivity index (χ1) is 15.0. The number of nitrogens with zero attached hydrogens (tertiary/aromatic N) is 2. The summed E-state index contributed by atoms with van der Waals surface area (Å²) in [4.78, 5) is 52.6. The number of esters is 1. The summed E-state index contributed by atoms with van der Waals surface area (Å²) in [5, 5.41) is 5.57. The van der Waals surface area contributed by atoms with Crippen LogP contribution >= 0.6 is 0 Å². The summed E-state index contributed by atoms with van der Waals surface area (Å²) in [5.41, 5.74) is 0.433. The zero-order valence-electron chi connectivity index (χ0n) is 16.8. The number of benzene rings is 1. The van der Waals surface area contributed by atoms with Crippen LogP contribution in [0.3, 0.4) is 0 Å². The van der Waals surface area contributed by atoms with Gasteiger partial charge in [0.2, 0.25) is 5.58 Å². The van der Waals surface area contributed by atoms with Crippen molar-refractivity contribution in [1.29, 1.82) is 0 Å². The number of urea groups is 1. The molecule has 1 aromatic carbocycles. The lowest BCUT2D eigenvalue weighted by atomic mass is 9.96. The highest BCUT2D eigenvalue weighted by Gasteiger charge is 2.18. The van der Waals surface area contributed by atoms with Crippen LogP contribution in [-0.2, 0) is 20.9 Å². The molecule has 1 aliphatic rings. The maximum Gasteiger partial charge on any atom is 0.326 e. The summed E-state index contributed by atoms with van der Waals surface area (Å²) < 4.78 is 11.5. The number of amides is 3. The Morgan fingerprint density at radius 3 is 2.74 bits per heavy atom. The predicted molar refractivity (Wildman–Crippen MR) is 110 cm³/mol. The van der Waals surface area contributed by atoms with Gasteiger partial charge in [-0.3, -0.25) is 24.3 Å². The maximum absolute atomic E-state index is 12.6. The van der Waals surface area contributed by atoms with Crippen LogP contribution in [0.2, 0.25) is 0 Å². The van der Waals surface area contributed by atoms with Crippen LogP contribution < -0.4 is 16.2 Å². The molecule has 1 saturated carbocycles. The van der Waals surface area contributed by atoms with E-state index in [1.165, 1.54) is 6.33 Å². The van der Waals surface area contributed by atoms with E-state index < -0.39 is 36.6 Å². The van der Waals surface area contributed by atoms with Gasteiger partial charge >= 0.3 is 12.0 Å². The molecule has 1 fully saturated rings. The molecular weight excluding hydrogens is 404 g/mol. The Labute approximate surface area is 176 Å². The molecule has 31 heavy (non-hydrogen) atoms. The predicted octanol–water partition coefficient (Wildman–Crippen LogP) is 1.84. The fourth-order valence-corrected chi connectivity index (χ4v) is 3.69. The highest BCUT2D eigenvalue weighted by Crippen LogP contribution is 2.24. The number of fused-ring (bicyclic) bond motifs is 3. The highest BCUT2D eigenvalue weighted by molar-refractivity contribution is 6.01. The van der Waals surface area contributed by atoms with Gasteiger partial charge in [0.1, 0.15) is 17.6 Å². The molecule has 2 N–H and O–H groups in total. The van der Waals surface area contributed by atoms with E-state index in [1.807, 2.05) is 6.07 Å². The van der Waals surface area contributed by atoms with Gasteiger partial charge in [0.25, 0.3) is 11.5 Å². The lowest BCUT2D eigenvalue weighted by Crippen LogP contribution is -2.46. The number of ether oxygens (including phenoxy) is 1. The Morgan fingerprint density at radius 1 is 1.16 bits per heavy atom. The molecule has 0 saturated heterocycles. The van der Waals surface area contributed by atoms with Gasteiger partial charge in [0.05, 0.1) is 6.33 Å². The molecule has 1 aliphatic carbocycles. The first-order valence-electron chi connectivity index (χ1n) is 10.1. The van der Waals surface area contributed by atoms with Crippen molar-refractivity contribution in [2.24, 2.45) is 0 Å². The van der Waals surface area contributed by atoms with Crippen LogP contribution in [0.1, 0.15) is 32.1 Å². The van der Waals surface area contributed by atoms with Gasteiger partial charge in [-0.25, -0.2) is 9.78 Å². The number of hydrogen-bond donors (Lipinski definition) is 2. The molecule has 0 radical (unpaired) electrons. The second-order valence-corrected chi connectivity index (χ2v) is 7.47. The Kier molecular flexibility index (Phi) is 5.96. The quantitative estimate of drug-likeness (QED) is 0.595. The Balaban J connectivity index is 1.31. The van der Waals surface area contributed by atoms with E-state index in [0.717, 1.165) is 36.7 Å². The molecular formula is C21H22N4O6. The summed E-state index contributed by atoms with van der Waals surface area (Å²) in [6.45, 7) is -1.08. The highest BCUT2D eigenvalue weighted by atomic mass is 16.5. The van der Waals surface area contributed by atoms with Gasteiger partial charge in [-0.2, -0.15) is 0 Å². The molecule has 2 heterocycles. The first kappa shape index (κ1) is 20.6. The van der Waals surface area contributed by atoms with Crippen molar-refractivity contribution < 1.29 is 23.5 Å². The van der Waals surface area contributed by atoms with Gasteiger partial charge in [-0.05, 0) is 25.0 Å². The van der Waals surface area contributed by atoms with E-state index >= 15 is 0 Å². The summed E-state index contributed by atoms with van der Waals surface area (Å²) in [5.74, 6) is -1.57. The Morgan fingerprint density at radius 2 is 1.94 bits per heavy atom. The fraction of sp³-hybridized carbons (Fsp3) is 0.381. The number of carbonyl (C=O) groups excluding carboxylic acids is 3. The summed E-state index contributed by atoms with van der Waals surface area (Å²) in [7, 11) is 0. The average molecular weight is 426 g/mol. The second kappa shape index (κ2) is 8.99. The van der Waals surface area contributed by atoms with E-state index in [1.54, 1.807) is 18.2 Å². The minimum atomic E-state index is -0.817. The molecule has 0 unspecified atom stereocenters. The van der Waals surface area contributed by atoms with Gasteiger partial charge in [0, 0.05) is 11.4 Å². The van der Waals surface area contributed by atoms with Crippen molar-refractivity contribution in [2.45, 2.75) is 44.7 Å². The van der Waals surface area contributed by atoms with Crippen molar-refractivity contribution in [2.75, 3.05) is 6.61 Å². The second-order valence-electron chi connectivity index (χ2n) is 7.47. The van der Waals surface area contributed by atoms with Gasteiger partial charge in [0.15, 0.2) is 6.61 Å². The van der Waals surface area contributed by atoms with E-state index in [-0.39, 0.29) is 11.6 Å². The number of imide groups is 1. The van der Waals surface area contributed by atoms with Crippen LogP contribution in [0.25, 0.3) is 22.1 Å². The topological polar surface area (TPSA) is 133 Å². The monoisotopic (exact) mass is 426 g/mol. The number of nitrogens with one attached hydrogen (secondary N) is 2. The van der Waals surface area contributed by atoms with Crippen molar-refractivity contribution in [3.8, 4) is 0 Å². The number of rotatable bonds is 5. The summed E-state index contributed by atoms with van der Waals surface area (Å²) >= 11 is 0. The summed E-state index contributed by atoms with van der Waals surface area (Å²) in [6, 6.07) is 6.54. The molecule has 0 aliphatic heterocycles. The van der Waals surface area contributed by atoms with E-state index in [2.05, 4.69) is 15.6 Å². The molecule has 10 heteroatoms. The normalized spacial score (nSPS) is 14.5. The lowest BCUT2D eigenvalue weighted by Gasteiger charge is -2.22. The van der Waals surface area contributed by atoms with Crippen LogP contribution in [0, 0.1) is 0 Å². The first-order valence-corrected chi connectivity index (χ1v) is 10.1. The standard InChI is InChI=1S/C21H22N4O6/c26-16(24-21(29)23-13-6-2-1-3-7-13)11-30-17(27)10-25-12-22-18-14-8-4-5-9-15(14)31-19(18)20(25)28/h4-5,8-9,12-13H,1-3,6-7,10-11H2,(H2,23,24,26,29). The molecule has 0 spiro atoms. The number of furan rings is 1. The number of para-hydroxylation sites is 1. The molecule has 4 rings (SSSR count). The Bertz CT molecular complexity index is 1190. The minimum absolute atomic E-state index is 0.0358. The number of carbonyl (C=O) groups is 3. The lowest BCUT2D eigenvalue weighted by molar-refractivity contribution is -0.148. The van der Waals surface area contributed by atoms with E-state index in [9.17, 15) is 19.2 Å². The average Bonchev–Trinajstić information content (AvgIpc) is 3.14. The van der Waals surface area contributed by atoms with Crippen molar-refractivity contribution >= 4 is 40.0 Å². The molecule has 3 aromatic rings.